The Labute approximate surface area is 289 Å². The second kappa shape index (κ2) is 16.3. The van der Waals surface area contributed by atoms with Crippen LogP contribution in [0, 0.1) is 31.4 Å². The summed E-state index contributed by atoms with van der Waals surface area (Å²) in [6.45, 7) is 28.9. The zero-order valence-electron chi connectivity index (χ0n) is 28.6. The van der Waals surface area contributed by atoms with E-state index in [1.165, 1.54) is 37.2 Å². The maximum absolute atomic E-state index is 11.7. The first-order valence-electron chi connectivity index (χ1n) is 15.9. The number of hydrogen-bond donors (Lipinski definition) is 1. The number of carbonyl (C=O) groups is 1. The van der Waals surface area contributed by atoms with Gasteiger partial charge in [0, 0.05) is 67.7 Å². The molecule has 0 aliphatic rings. The van der Waals surface area contributed by atoms with Crippen molar-refractivity contribution < 1.29 is 30.0 Å². The van der Waals surface area contributed by atoms with Crippen molar-refractivity contribution in [2.45, 2.75) is 99.6 Å². The van der Waals surface area contributed by atoms with Crippen LogP contribution in [0.25, 0.3) is 36.6 Å². The molecule has 0 unspecified atom stereocenters. The van der Waals surface area contributed by atoms with Crippen LogP contribution in [0.3, 0.4) is 0 Å². The van der Waals surface area contributed by atoms with Gasteiger partial charge in [0.05, 0.1) is 10.3 Å². The largest absolute Gasteiger partial charge is 0.512 e. The van der Waals surface area contributed by atoms with Crippen LogP contribution in [0.4, 0.5) is 0 Å². The van der Waals surface area contributed by atoms with Crippen LogP contribution in [0.1, 0.15) is 85.3 Å². The van der Waals surface area contributed by atoms with Crippen LogP contribution in [0.5, 0.6) is 0 Å². The van der Waals surface area contributed by atoms with Crippen molar-refractivity contribution in [3.8, 4) is 11.3 Å². The van der Waals surface area contributed by atoms with Crippen LogP contribution >= 0.6 is 11.3 Å². The van der Waals surface area contributed by atoms with E-state index in [9.17, 15) is 9.90 Å². The number of hydrogen-bond acceptors (Lipinski definition) is 4. The number of carbonyl (C=O) groups excluding carboxylic acids is 1. The van der Waals surface area contributed by atoms with Crippen LogP contribution < -0.4 is 4.50 Å². The molecule has 0 saturated heterocycles. The van der Waals surface area contributed by atoms with E-state index in [-0.39, 0.29) is 48.9 Å². The number of pyridine rings is 1. The predicted molar refractivity (Wildman–Crippen MR) is 192 cm³/mol. The minimum atomic E-state index is -2.12. The third-order valence-corrected chi connectivity index (χ3v) is 13.6. The zero-order valence-corrected chi connectivity index (χ0v) is 32.8. The SMILES string of the molecule is CCC(CC)C(=O)/C=C(\O)C(CC)CC.[C-]#[N+][Si](C)(C)c1sc2c(-c3[c-]c4ccccc4c(C(C)(C)C)c3)nccc2c1C.[Ir]. The van der Waals surface area contributed by atoms with Gasteiger partial charge in [-0.3, -0.25) is 16.4 Å². The molecule has 1 N–H and O–H groups in total. The first-order valence-corrected chi connectivity index (χ1v) is 19.7. The maximum atomic E-state index is 11.7. The molecule has 4 rings (SSSR count). The molecule has 4 aromatic rings. The quantitative estimate of drug-likeness (QED) is 0.0792. The fourth-order valence-corrected chi connectivity index (χ4v) is 9.39. The Morgan fingerprint density at radius 1 is 1.04 bits per heavy atom. The van der Waals surface area contributed by atoms with Crippen LogP contribution in [0.2, 0.25) is 13.1 Å². The average Bonchev–Trinajstić information content (AvgIpc) is 3.35. The van der Waals surface area contributed by atoms with E-state index >= 15 is 0 Å². The van der Waals surface area contributed by atoms with Gasteiger partial charge in [-0.15, -0.1) is 40.5 Å². The molecule has 0 aliphatic carbocycles. The number of aryl methyl sites for hydroxylation is 1. The average molecular weight is 818 g/mol. The molecule has 0 saturated carbocycles. The van der Waals surface area contributed by atoms with Gasteiger partial charge in [0.25, 0.3) is 0 Å². The van der Waals surface area contributed by atoms with Crippen molar-refractivity contribution in [1.29, 1.82) is 0 Å². The van der Waals surface area contributed by atoms with E-state index < -0.39 is 8.24 Å². The molecule has 2 heterocycles. The van der Waals surface area contributed by atoms with E-state index in [2.05, 4.69) is 87.8 Å². The Kier molecular flexibility index (Phi) is 13.9. The number of aromatic nitrogens is 1. The molecule has 2 aromatic heterocycles. The van der Waals surface area contributed by atoms with Crippen molar-refractivity contribution in [3.05, 3.63) is 82.7 Å². The van der Waals surface area contributed by atoms with E-state index in [1.54, 1.807) is 11.3 Å². The van der Waals surface area contributed by atoms with Crippen molar-refractivity contribution in [2.75, 3.05) is 0 Å². The number of aliphatic hydroxyl groups is 1. The third kappa shape index (κ3) is 8.80. The van der Waals surface area contributed by atoms with Crippen molar-refractivity contribution >= 4 is 50.7 Å². The fourth-order valence-electron chi connectivity index (χ4n) is 5.73. The number of rotatable bonds is 9. The molecule has 2 aromatic carbocycles. The summed E-state index contributed by atoms with van der Waals surface area (Å²) in [5.41, 5.74) is 4.60. The number of benzene rings is 2. The minimum Gasteiger partial charge on any atom is -0.512 e. The summed E-state index contributed by atoms with van der Waals surface area (Å²) in [7, 11) is -2.12. The van der Waals surface area contributed by atoms with E-state index in [4.69, 9.17) is 11.6 Å². The van der Waals surface area contributed by atoms with Crippen LogP contribution in [-0.4, -0.2) is 24.1 Å². The number of nitrogens with zero attached hydrogens (tertiary/aromatic N) is 2. The Morgan fingerprint density at radius 2 is 1.64 bits per heavy atom. The van der Waals surface area contributed by atoms with Crippen molar-refractivity contribution in [3.63, 3.8) is 0 Å². The van der Waals surface area contributed by atoms with Crippen LogP contribution in [-0.2, 0) is 30.3 Å². The van der Waals surface area contributed by atoms with Gasteiger partial charge in [0.1, 0.15) is 0 Å². The Balaban J connectivity index is 0.000000378. The second-order valence-electron chi connectivity index (χ2n) is 13.2. The predicted octanol–water partition coefficient (Wildman–Crippen LogP) is 10.7. The van der Waals surface area contributed by atoms with E-state index in [0.29, 0.717) is 0 Å². The van der Waals surface area contributed by atoms with Crippen LogP contribution in [0.15, 0.2) is 54.4 Å². The fraction of sp³-hybridized carbons (Fsp3) is 0.447. The molecule has 0 spiro atoms. The molecule has 243 valence electrons. The summed E-state index contributed by atoms with van der Waals surface area (Å²) < 4.78 is 6.44. The monoisotopic (exact) mass is 818 g/mol. The van der Waals surface area contributed by atoms with Gasteiger partial charge in [-0.1, -0.05) is 77.6 Å². The summed E-state index contributed by atoms with van der Waals surface area (Å²) in [4.78, 5) is 16.5. The maximum Gasteiger partial charge on any atom is 0.478 e. The normalized spacial score (nSPS) is 12.2. The topological polar surface area (TPSA) is 54.5 Å². The molecule has 0 amide bonds. The summed E-state index contributed by atoms with van der Waals surface area (Å²) in [5, 5.41) is 13.4. The molecular formula is C38H49IrN2O2SSi-. The summed E-state index contributed by atoms with van der Waals surface area (Å²) >= 11 is 1.76. The summed E-state index contributed by atoms with van der Waals surface area (Å²) in [6, 6.07) is 16.5. The number of fused-ring (bicyclic) bond motifs is 2. The van der Waals surface area contributed by atoms with Gasteiger partial charge in [0.2, 0.25) is 0 Å². The second-order valence-corrected chi connectivity index (χ2v) is 18.4. The molecule has 0 aliphatic heterocycles. The van der Waals surface area contributed by atoms with Crippen molar-refractivity contribution in [2.24, 2.45) is 11.8 Å². The summed E-state index contributed by atoms with van der Waals surface area (Å²) in [5.74, 6) is 0.547. The summed E-state index contributed by atoms with van der Waals surface area (Å²) in [6.07, 6.45) is 6.80. The minimum absolute atomic E-state index is 0. The smallest absolute Gasteiger partial charge is 0.478 e. The van der Waals surface area contributed by atoms with Gasteiger partial charge in [-0.25, -0.2) is 0 Å². The third-order valence-electron chi connectivity index (χ3n) is 8.61. The molecular weight excluding hydrogens is 769 g/mol. The number of aliphatic hydroxyl groups excluding tert-OH is 1. The zero-order chi connectivity index (χ0) is 32.8. The van der Waals surface area contributed by atoms with Gasteiger partial charge in [-0.2, -0.15) is 0 Å². The van der Waals surface area contributed by atoms with Gasteiger partial charge in [-0.05, 0) is 55.0 Å². The molecule has 0 fully saturated rings. The first kappa shape index (κ1) is 38.6. The molecule has 7 heteroatoms. The molecule has 4 nitrogen and oxygen atoms in total. The molecule has 45 heavy (non-hydrogen) atoms. The first-order chi connectivity index (χ1) is 20.7. The van der Waals surface area contributed by atoms with E-state index in [0.717, 1.165) is 42.3 Å². The molecule has 1 radical (unpaired) electrons. The number of thiophene rings is 1. The standard InChI is InChI=1S/C25H25N2SSi.C13H24O2.Ir/c1-16-19-12-13-27-22(23(19)28-24(16)29(6,7)26-5)18-14-17-10-8-9-11-20(17)21(15-18)25(2,3)4;1-5-10(6-2)12(14)9-13(15)11(7-3)8-4;/h8-13,15H,1-4,6-7H3;9-11,14H,5-8H2,1-4H3;/q-1;;/b;12-9-;. The molecule has 0 bridgehead atoms. The van der Waals surface area contributed by atoms with Gasteiger partial charge in [0.15, 0.2) is 5.78 Å². The Bertz CT molecular complexity index is 1690. The van der Waals surface area contributed by atoms with Gasteiger partial charge >= 0.3 is 8.24 Å². The Hall–Kier alpha value is -2.62. The number of ketones is 1. The Morgan fingerprint density at radius 3 is 2.20 bits per heavy atom. The molecule has 0 atom stereocenters. The van der Waals surface area contributed by atoms with E-state index in [1.807, 2.05) is 33.9 Å². The number of allylic oxidation sites excluding steroid dienone is 2. The van der Waals surface area contributed by atoms with Gasteiger partial charge < -0.3 is 9.62 Å². The van der Waals surface area contributed by atoms with Crippen molar-refractivity contribution in [1.82, 2.24) is 4.98 Å².